The SMILES string of the molecule is NCCCCC1CCC(n2cc3c(nc2=O)Nc2cc(C(=O)CCCN4CCNCC4)ccc2O3)CC1. The molecule has 0 unspecified atom stereocenters. The highest BCUT2D eigenvalue weighted by Crippen LogP contribution is 2.42. The molecule has 1 aromatic carbocycles. The van der Waals surface area contributed by atoms with E-state index >= 15 is 0 Å². The maximum atomic E-state index is 12.9. The number of hydrogen-bond acceptors (Lipinski definition) is 8. The molecule has 9 heteroatoms. The first-order chi connectivity index (χ1) is 18.1. The van der Waals surface area contributed by atoms with Crippen molar-refractivity contribution in [3.05, 3.63) is 40.4 Å². The molecule has 0 radical (unpaired) electrons. The van der Waals surface area contributed by atoms with Crippen molar-refractivity contribution in [3.8, 4) is 11.5 Å². The second-order valence-corrected chi connectivity index (χ2v) is 10.7. The summed E-state index contributed by atoms with van der Waals surface area (Å²) in [7, 11) is 0. The summed E-state index contributed by atoms with van der Waals surface area (Å²) < 4.78 is 7.87. The van der Waals surface area contributed by atoms with Crippen molar-refractivity contribution in [2.45, 2.75) is 63.8 Å². The van der Waals surface area contributed by atoms with Gasteiger partial charge in [-0.3, -0.25) is 9.36 Å². The van der Waals surface area contributed by atoms with Gasteiger partial charge >= 0.3 is 5.69 Å². The highest BCUT2D eigenvalue weighted by molar-refractivity contribution is 5.97. The first-order valence-corrected chi connectivity index (χ1v) is 14.0. The van der Waals surface area contributed by atoms with E-state index in [1.54, 1.807) is 10.8 Å². The molecule has 3 heterocycles. The van der Waals surface area contributed by atoms with Crippen molar-refractivity contribution < 1.29 is 9.53 Å². The number of hydrogen-bond donors (Lipinski definition) is 3. The predicted octanol–water partition coefficient (Wildman–Crippen LogP) is 3.82. The van der Waals surface area contributed by atoms with E-state index in [4.69, 9.17) is 10.5 Å². The molecule has 5 rings (SSSR count). The second kappa shape index (κ2) is 12.2. The average Bonchev–Trinajstić information content (AvgIpc) is 2.92. The molecule has 4 N–H and O–H groups in total. The number of nitrogens with two attached hydrogens (primary N) is 1. The third-order valence-electron chi connectivity index (χ3n) is 8.06. The Kier molecular flexibility index (Phi) is 8.53. The molecule has 0 amide bonds. The van der Waals surface area contributed by atoms with Gasteiger partial charge in [0, 0.05) is 44.2 Å². The van der Waals surface area contributed by atoms with E-state index in [1.807, 2.05) is 18.2 Å². The van der Waals surface area contributed by atoms with Gasteiger partial charge in [-0.1, -0.05) is 12.8 Å². The summed E-state index contributed by atoms with van der Waals surface area (Å²) in [4.78, 5) is 32.4. The first-order valence-electron chi connectivity index (χ1n) is 14.0. The van der Waals surface area contributed by atoms with E-state index in [9.17, 15) is 9.59 Å². The molecule has 1 aliphatic carbocycles. The molecular formula is C28H40N6O3. The Morgan fingerprint density at radius 2 is 1.89 bits per heavy atom. The Balaban J connectivity index is 1.19. The fraction of sp³-hybridized carbons (Fsp3) is 0.607. The summed E-state index contributed by atoms with van der Waals surface area (Å²) >= 11 is 0. The van der Waals surface area contributed by atoms with Crippen LogP contribution in [0.1, 0.15) is 74.2 Å². The van der Waals surface area contributed by atoms with E-state index in [1.165, 1.54) is 12.8 Å². The van der Waals surface area contributed by atoms with Gasteiger partial charge in [-0.25, -0.2) is 4.79 Å². The van der Waals surface area contributed by atoms with Gasteiger partial charge in [0.1, 0.15) is 0 Å². The van der Waals surface area contributed by atoms with Gasteiger partial charge in [0.15, 0.2) is 23.1 Å². The lowest BCUT2D eigenvalue weighted by Gasteiger charge is -2.30. The quantitative estimate of drug-likeness (QED) is 0.280. The maximum absolute atomic E-state index is 12.9. The normalized spacial score (nSPS) is 21.4. The number of nitrogens with zero attached hydrogens (tertiary/aromatic N) is 3. The lowest BCUT2D eigenvalue weighted by molar-refractivity contribution is 0.0973. The molecule has 0 spiro atoms. The summed E-state index contributed by atoms with van der Waals surface area (Å²) in [5.41, 5.74) is 6.68. The Labute approximate surface area is 218 Å². The fourth-order valence-electron chi connectivity index (χ4n) is 5.84. The molecule has 37 heavy (non-hydrogen) atoms. The molecule has 0 atom stereocenters. The van der Waals surface area contributed by atoms with Crippen molar-refractivity contribution in [2.75, 3.05) is 44.6 Å². The highest BCUT2D eigenvalue weighted by Gasteiger charge is 2.26. The molecule has 0 bridgehead atoms. The van der Waals surface area contributed by atoms with Crippen molar-refractivity contribution in [1.29, 1.82) is 0 Å². The Morgan fingerprint density at radius 1 is 1.08 bits per heavy atom. The molecule has 3 aliphatic rings. The first kappa shape index (κ1) is 25.9. The number of carbonyl (C=O) groups excluding carboxylic acids is 1. The molecule has 2 aliphatic heterocycles. The molecule has 9 nitrogen and oxygen atoms in total. The van der Waals surface area contributed by atoms with E-state index in [0.717, 1.165) is 83.7 Å². The van der Waals surface area contributed by atoms with Gasteiger partial charge in [0.25, 0.3) is 0 Å². The largest absolute Gasteiger partial charge is 0.450 e. The van der Waals surface area contributed by atoms with Gasteiger partial charge in [0.2, 0.25) is 0 Å². The number of anilines is 2. The van der Waals surface area contributed by atoms with Gasteiger partial charge in [0.05, 0.1) is 11.9 Å². The molecule has 200 valence electrons. The van der Waals surface area contributed by atoms with E-state index in [2.05, 4.69) is 20.5 Å². The van der Waals surface area contributed by atoms with E-state index in [-0.39, 0.29) is 17.5 Å². The van der Waals surface area contributed by atoms with Crippen LogP contribution in [0.5, 0.6) is 11.5 Å². The lowest BCUT2D eigenvalue weighted by Crippen LogP contribution is -2.43. The summed E-state index contributed by atoms with van der Waals surface area (Å²) in [5.74, 6) is 2.45. The van der Waals surface area contributed by atoms with Gasteiger partial charge in [-0.05, 0) is 75.7 Å². The van der Waals surface area contributed by atoms with Crippen LogP contribution in [0.3, 0.4) is 0 Å². The molecule has 1 aromatic heterocycles. The molecule has 1 saturated heterocycles. The van der Waals surface area contributed by atoms with Gasteiger partial charge in [-0.15, -0.1) is 0 Å². The smallest absolute Gasteiger partial charge is 0.350 e. The molecule has 2 aromatic rings. The predicted molar refractivity (Wildman–Crippen MR) is 145 cm³/mol. The van der Waals surface area contributed by atoms with Crippen molar-refractivity contribution in [3.63, 3.8) is 0 Å². The van der Waals surface area contributed by atoms with Crippen molar-refractivity contribution in [2.24, 2.45) is 11.7 Å². The monoisotopic (exact) mass is 508 g/mol. The van der Waals surface area contributed by atoms with E-state index in [0.29, 0.717) is 35.0 Å². The van der Waals surface area contributed by atoms with E-state index < -0.39 is 0 Å². The Bertz CT molecular complexity index is 1140. The van der Waals surface area contributed by atoms with Crippen LogP contribution in [0.4, 0.5) is 11.5 Å². The number of piperazine rings is 1. The Morgan fingerprint density at radius 3 is 2.68 bits per heavy atom. The second-order valence-electron chi connectivity index (χ2n) is 10.7. The summed E-state index contributed by atoms with van der Waals surface area (Å²) in [6.07, 6.45) is 10.9. The Hall–Kier alpha value is -2.75. The van der Waals surface area contributed by atoms with Crippen LogP contribution in [-0.2, 0) is 0 Å². The fourth-order valence-corrected chi connectivity index (χ4v) is 5.84. The third kappa shape index (κ3) is 6.40. The van der Waals surface area contributed by atoms with Crippen LogP contribution in [0, 0.1) is 5.92 Å². The molecule has 1 saturated carbocycles. The van der Waals surface area contributed by atoms with Crippen LogP contribution in [0.25, 0.3) is 0 Å². The third-order valence-corrected chi connectivity index (χ3v) is 8.06. The maximum Gasteiger partial charge on any atom is 0.350 e. The molecule has 2 fully saturated rings. The average molecular weight is 509 g/mol. The minimum Gasteiger partial charge on any atom is -0.450 e. The minimum absolute atomic E-state index is 0.118. The number of nitrogens with one attached hydrogen (secondary N) is 2. The van der Waals surface area contributed by atoms with Crippen LogP contribution in [0.15, 0.2) is 29.2 Å². The number of unbranched alkanes of at least 4 members (excludes halogenated alkanes) is 1. The number of Topliss-reactive ketones (excluding diaryl/α,β-unsaturated/α-hetero) is 1. The summed E-state index contributed by atoms with van der Waals surface area (Å²) in [5, 5.41) is 6.57. The van der Waals surface area contributed by atoms with Crippen LogP contribution in [-0.4, -0.2) is 59.5 Å². The topological polar surface area (TPSA) is 115 Å². The van der Waals surface area contributed by atoms with Crippen LogP contribution >= 0.6 is 0 Å². The van der Waals surface area contributed by atoms with Gasteiger partial charge in [-0.2, -0.15) is 4.98 Å². The van der Waals surface area contributed by atoms with Crippen LogP contribution in [0.2, 0.25) is 0 Å². The summed E-state index contributed by atoms with van der Waals surface area (Å²) in [6, 6.07) is 5.62. The summed E-state index contributed by atoms with van der Waals surface area (Å²) in [6.45, 7) is 5.82. The zero-order valence-corrected chi connectivity index (χ0v) is 21.7. The number of carbonyl (C=O) groups is 1. The minimum atomic E-state index is -0.259. The number of ketones is 1. The van der Waals surface area contributed by atoms with Crippen molar-refractivity contribution >= 4 is 17.3 Å². The number of rotatable bonds is 10. The standard InChI is InChI=1S/C28H40N6O3/c29-12-2-1-4-20-6-9-22(10-7-20)34-19-26-27(32-28(34)36)31-23-18-21(8-11-25(23)37-26)24(35)5-3-15-33-16-13-30-14-17-33/h8,11,18-20,22,30H,1-7,9-10,12-17,29H2,(H,31,32,36). The van der Waals surface area contributed by atoms with Crippen LogP contribution < -0.4 is 26.8 Å². The number of benzene rings is 1. The molecular weight excluding hydrogens is 468 g/mol. The van der Waals surface area contributed by atoms with Crippen molar-refractivity contribution in [1.82, 2.24) is 19.8 Å². The lowest BCUT2D eigenvalue weighted by atomic mass is 9.83. The highest BCUT2D eigenvalue weighted by atomic mass is 16.5. The number of fused-ring (bicyclic) bond motifs is 2. The zero-order valence-electron chi connectivity index (χ0n) is 21.7. The number of ether oxygens (including phenoxy) is 1. The van der Waals surface area contributed by atoms with Gasteiger partial charge < -0.3 is 26.0 Å². The number of aromatic nitrogens is 2. The zero-order chi connectivity index (χ0) is 25.6.